The second kappa shape index (κ2) is 8.20. The monoisotopic (exact) mass is 431 g/mol. The number of carbonyl (C=O) groups is 2. The molecule has 1 aliphatic rings. The van der Waals surface area contributed by atoms with E-state index in [1.54, 1.807) is 4.72 Å². The third kappa shape index (κ3) is 5.54. The summed E-state index contributed by atoms with van der Waals surface area (Å²) in [5.74, 6) is 0.189. The van der Waals surface area contributed by atoms with Crippen LogP contribution in [0.15, 0.2) is 33.3 Å². The van der Waals surface area contributed by atoms with Crippen LogP contribution in [0.3, 0.4) is 0 Å². The molecule has 0 aliphatic carbocycles. The van der Waals surface area contributed by atoms with Crippen molar-refractivity contribution in [2.24, 2.45) is 10.2 Å². The van der Waals surface area contributed by atoms with Gasteiger partial charge in [0.15, 0.2) is 5.66 Å². The Kier molecular flexibility index (Phi) is 6.32. The average Bonchev–Trinajstić information content (AvgIpc) is 3.43. The number of carbonyl (C=O) groups excluding carboxylic acids is 2. The van der Waals surface area contributed by atoms with Gasteiger partial charge in [-0.25, -0.2) is 17.9 Å². The maximum absolute atomic E-state index is 13.2. The first kappa shape index (κ1) is 22.4. The van der Waals surface area contributed by atoms with E-state index >= 15 is 0 Å². The molecule has 1 heterocycles. The number of alkyl halides is 3. The summed E-state index contributed by atoms with van der Waals surface area (Å²) in [4.78, 5) is 22.7. The summed E-state index contributed by atoms with van der Waals surface area (Å²) in [6, 6.07) is 1.71. The molecule has 1 aliphatic heterocycles. The minimum absolute atomic E-state index is 0.116. The predicted octanol–water partition coefficient (Wildman–Crippen LogP) is 2.65. The van der Waals surface area contributed by atoms with E-state index in [2.05, 4.69) is 20.9 Å². The van der Waals surface area contributed by atoms with E-state index in [1.165, 1.54) is 0 Å². The van der Waals surface area contributed by atoms with Gasteiger partial charge in [-0.2, -0.15) is 23.4 Å². The minimum atomic E-state index is -5.02. The highest BCUT2D eigenvalue weighted by atomic mass is 32.2. The van der Waals surface area contributed by atoms with E-state index < -0.39 is 49.8 Å². The van der Waals surface area contributed by atoms with E-state index in [0.29, 0.717) is 18.9 Å². The lowest BCUT2D eigenvalue weighted by Crippen LogP contribution is -2.31. The van der Waals surface area contributed by atoms with Crippen molar-refractivity contribution in [2.75, 3.05) is 7.11 Å². The number of terminal acetylenes is 1. The Bertz CT molecular complexity index is 991. The Labute approximate surface area is 164 Å². The Morgan fingerprint density at radius 1 is 1.28 bits per heavy atom. The first-order chi connectivity index (χ1) is 13.4. The molecular formula is C17H16F3N3O5S. The van der Waals surface area contributed by atoms with Gasteiger partial charge in [-0.1, -0.05) is 0 Å². The molecule has 1 aromatic rings. The fourth-order valence-corrected chi connectivity index (χ4v) is 3.49. The van der Waals surface area contributed by atoms with Gasteiger partial charge in [0.05, 0.1) is 23.1 Å². The van der Waals surface area contributed by atoms with E-state index in [4.69, 9.17) is 6.42 Å². The van der Waals surface area contributed by atoms with E-state index in [1.807, 2.05) is 0 Å². The number of benzene rings is 1. The number of sulfonamides is 1. The molecule has 0 saturated heterocycles. The molecule has 8 nitrogen and oxygen atoms in total. The van der Waals surface area contributed by atoms with Gasteiger partial charge >= 0.3 is 12.1 Å². The van der Waals surface area contributed by atoms with Crippen molar-refractivity contribution in [1.82, 2.24) is 4.72 Å². The number of hydrogen-bond acceptors (Lipinski definition) is 7. The zero-order valence-corrected chi connectivity index (χ0v) is 15.9. The highest BCUT2D eigenvalue weighted by Crippen LogP contribution is 2.37. The van der Waals surface area contributed by atoms with Crippen LogP contribution in [0.2, 0.25) is 0 Å². The van der Waals surface area contributed by atoms with Gasteiger partial charge < -0.3 is 4.74 Å². The summed E-state index contributed by atoms with van der Waals surface area (Å²) in [7, 11) is -3.71. The number of rotatable bonds is 8. The number of ether oxygens (including phenoxy) is 1. The maximum atomic E-state index is 13.2. The second-order valence-electron chi connectivity index (χ2n) is 6.11. The molecule has 0 aromatic heterocycles. The summed E-state index contributed by atoms with van der Waals surface area (Å²) in [5.41, 5.74) is -3.15. The van der Waals surface area contributed by atoms with E-state index in [0.717, 1.165) is 13.2 Å². The summed E-state index contributed by atoms with van der Waals surface area (Å²) < 4.78 is 70.2. The van der Waals surface area contributed by atoms with Crippen LogP contribution < -0.4 is 4.72 Å². The van der Waals surface area contributed by atoms with Crippen LogP contribution >= 0.6 is 0 Å². The summed E-state index contributed by atoms with van der Waals surface area (Å²) >= 11 is 0. The van der Waals surface area contributed by atoms with Crippen LogP contribution in [-0.4, -0.2) is 33.1 Å². The molecule has 0 radical (unpaired) electrons. The molecule has 0 saturated carbocycles. The Balaban J connectivity index is 2.15. The number of nitrogens with one attached hydrogen (secondary N) is 1. The molecular weight excluding hydrogens is 415 g/mol. The van der Waals surface area contributed by atoms with Crippen molar-refractivity contribution in [3.8, 4) is 12.3 Å². The van der Waals surface area contributed by atoms with Gasteiger partial charge in [0.1, 0.15) is 0 Å². The normalized spacial score (nSPS) is 14.7. The molecule has 12 heteroatoms. The largest absolute Gasteiger partial charge is 0.465 e. The van der Waals surface area contributed by atoms with Crippen molar-refractivity contribution in [3.63, 3.8) is 0 Å². The van der Waals surface area contributed by atoms with Gasteiger partial charge in [-0.15, -0.1) is 12.3 Å². The lowest BCUT2D eigenvalue weighted by Gasteiger charge is -2.14. The number of nitrogens with zero attached hydrogens (tertiary/aromatic N) is 2. The first-order valence-electron chi connectivity index (χ1n) is 8.17. The van der Waals surface area contributed by atoms with Crippen molar-refractivity contribution in [3.05, 3.63) is 29.3 Å². The molecule has 1 amide bonds. The molecule has 1 aromatic carbocycles. The first-order valence-corrected chi connectivity index (χ1v) is 9.65. The van der Waals surface area contributed by atoms with E-state index in [-0.39, 0.29) is 18.9 Å². The molecule has 0 atom stereocenters. The fourth-order valence-electron chi connectivity index (χ4n) is 2.45. The molecule has 0 unspecified atom stereocenters. The van der Waals surface area contributed by atoms with Crippen molar-refractivity contribution < 1.29 is 35.9 Å². The van der Waals surface area contributed by atoms with Crippen LogP contribution in [0.4, 0.5) is 13.2 Å². The van der Waals surface area contributed by atoms with E-state index in [9.17, 15) is 31.2 Å². The van der Waals surface area contributed by atoms with Crippen LogP contribution in [0.5, 0.6) is 0 Å². The SMILES string of the molecule is C#CCCC1(CCC(=O)NS(=O)(=O)c2ccc(C(=O)OC)c(C(F)(F)F)c2)N=N1. The average molecular weight is 431 g/mol. The zero-order chi connectivity index (χ0) is 21.9. The quantitative estimate of drug-likeness (QED) is 0.502. The van der Waals surface area contributed by atoms with Crippen molar-refractivity contribution in [2.45, 2.75) is 42.4 Å². The number of esters is 1. The molecule has 0 fully saturated rings. The Morgan fingerprint density at radius 3 is 2.45 bits per heavy atom. The minimum Gasteiger partial charge on any atom is -0.465 e. The summed E-state index contributed by atoms with van der Waals surface area (Å²) in [6.45, 7) is 0. The van der Waals surface area contributed by atoms with Crippen LogP contribution in [0.1, 0.15) is 41.6 Å². The molecule has 2 rings (SSSR count). The summed E-state index contributed by atoms with van der Waals surface area (Å²) in [5, 5.41) is 7.60. The molecule has 1 N–H and O–H groups in total. The van der Waals surface area contributed by atoms with Crippen LogP contribution in [0, 0.1) is 12.3 Å². The lowest BCUT2D eigenvalue weighted by atomic mass is 10.0. The summed E-state index contributed by atoms with van der Waals surface area (Å²) in [6.07, 6.45) is 0.757. The number of halogens is 3. The lowest BCUT2D eigenvalue weighted by molar-refractivity contribution is -0.138. The number of amides is 1. The predicted molar refractivity (Wildman–Crippen MR) is 93.0 cm³/mol. The molecule has 29 heavy (non-hydrogen) atoms. The number of methoxy groups -OCH3 is 1. The van der Waals surface area contributed by atoms with Crippen molar-refractivity contribution in [1.29, 1.82) is 0 Å². The highest BCUT2D eigenvalue weighted by Gasteiger charge is 2.40. The molecule has 0 bridgehead atoms. The number of hydrogen-bond donors (Lipinski definition) is 1. The Hall–Kier alpha value is -2.94. The van der Waals surface area contributed by atoms with Gasteiger partial charge in [-0.3, -0.25) is 4.79 Å². The molecule has 156 valence electrons. The zero-order valence-electron chi connectivity index (χ0n) is 15.1. The van der Waals surface area contributed by atoms with Gasteiger partial charge in [0, 0.05) is 25.7 Å². The topological polar surface area (TPSA) is 114 Å². The van der Waals surface area contributed by atoms with Crippen molar-refractivity contribution >= 4 is 21.9 Å². The standard InChI is InChI=1S/C17H16F3N3O5S/c1-3-4-8-16(22-23-16)9-7-14(24)21-29(26,27)11-5-6-12(15(25)28-2)13(10-11)17(18,19)20/h1,5-6,10H,4,7-9H2,2H3,(H,21,24). The maximum Gasteiger partial charge on any atom is 0.417 e. The third-order valence-electron chi connectivity index (χ3n) is 4.07. The van der Waals surface area contributed by atoms with Crippen LogP contribution in [0.25, 0.3) is 0 Å². The van der Waals surface area contributed by atoms with Gasteiger partial charge in [0.25, 0.3) is 10.0 Å². The smallest absolute Gasteiger partial charge is 0.417 e. The second-order valence-corrected chi connectivity index (χ2v) is 7.79. The fraction of sp³-hybridized carbons (Fsp3) is 0.412. The Morgan fingerprint density at radius 2 is 1.93 bits per heavy atom. The molecule has 0 spiro atoms. The van der Waals surface area contributed by atoms with Gasteiger partial charge in [0.2, 0.25) is 5.91 Å². The third-order valence-corrected chi connectivity index (χ3v) is 5.44. The highest BCUT2D eigenvalue weighted by molar-refractivity contribution is 7.90. The van der Waals surface area contributed by atoms with Gasteiger partial charge in [-0.05, 0) is 18.2 Å². The van der Waals surface area contributed by atoms with Crippen LogP contribution in [-0.2, 0) is 25.7 Å².